The second-order valence-electron chi connectivity index (χ2n) is 12.8. The summed E-state index contributed by atoms with van der Waals surface area (Å²) in [5.74, 6) is -4.54. The molecule has 0 bridgehead atoms. The summed E-state index contributed by atoms with van der Waals surface area (Å²) in [6, 6.07) is 10.8. The van der Waals surface area contributed by atoms with E-state index in [4.69, 9.17) is 5.73 Å². The molecular weight excluding hydrogens is 638 g/mol. The Bertz CT molecular complexity index is 1590. The maximum Gasteiger partial charge on any atom is 0.328 e. The molecule has 1 aromatic heterocycles. The van der Waals surface area contributed by atoms with E-state index in [1.54, 1.807) is 12.3 Å². The topological polar surface area (TPSA) is 179 Å². The van der Waals surface area contributed by atoms with Crippen molar-refractivity contribution in [2.75, 3.05) is 32.8 Å². The van der Waals surface area contributed by atoms with E-state index in [9.17, 15) is 38.2 Å². The Morgan fingerprint density at radius 2 is 1.73 bits per heavy atom. The van der Waals surface area contributed by atoms with Crippen molar-refractivity contribution in [2.24, 2.45) is 11.1 Å². The minimum atomic E-state index is -1.45. The van der Waals surface area contributed by atoms with Crippen molar-refractivity contribution in [3.05, 3.63) is 83.7 Å². The highest BCUT2D eigenvalue weighted by Crippen LogP contribution is 2.41. The van der Waals surface area contributed by atoms with Gasteiger partial charge in [0.15, 0.2) is 0 Å². The molecule has 12 nitrogen and oxygen atoms in total. The van der Waals surface area contributed by atoms with Crippen LogP contribution >= 0.6 is 0 Å². The van der Waals surface area contributed by atoms with Crippen molar-refractivity contribution < 1.29 is 38.2 Å². The maximum atomic E-state index is 15.0. The van der Waals surface area contributed by atoms with Gasteiger partial charge in [0.1, 0.15) is 24.3 Å². The van der Waals surface area contributed by atoms with E-state index in [1.165, 1.54) is 4.90 Å². The average molecular weight is 685 g/mol. The van der Waals surface area contributed by atoms with Crippen LogP contribution in [0.15, 0.2) is 60.8 Å². The number of nitrogens with two attached hydrogens (primary N) is 1. The molecule has 0 aliphatic heterocycles. The predicted octanol–water partition coefficient (Wildman–Crippen LogP) is 2.40. The van der Waals surface area contributed by atoms with Crippen LogP contribution in [0.4, 0.5) is 8.78 Å². The van der Waals surface area contributed by atoms with Gasteiger partial charge in [0.2, 0.25) is 17.7 Å². The standard InChI is InChI=1S/C35H46F2N6O6/c1-5-39-18-30(45)40-17-28(34(48)49)41-33(47)27(38)13-14-43(31(46)21-44)32(35(2,3)4)29-15-23(25-16-24(36)11-12-26(25)37)20-42(29)19-22-9-7-6-8-10-22/h6-12,15-16,20,27-28,32,39,44H,5,13-14,17-19,21,38H2,1-4H3,(H,40,45)(H,41,47)(H,48,49)/t27-,28+,32-/m0/s1. The molecule has 0 aliphatic carbocycles. The Hall–Kier alpha value is -4.66. The second-order valence-corrected chi connectivity index (χ2v) is 12.8. The van der Waals surface area contributed by atoms with Crippen LogP contribution in [0, 0.1) is 17.0 Å². The number of carboxylic acids is 1. The molecule has 7 N–H and O–H groups in total. The molecule has 266 valence electrons. The number of hydrogen-bond donors (Lipinski definition) is 6. The van der Waals surface area contributed by atoms with Crippen molar-refractivity contribution in [1.29, 1.82) is 0 Å². The molecule has 3 aromatic rings. The second kappa shape index (κ2) is 17.7. The normalized spacial score (nSPS) is 13.3. The summed E-state index contributed by atoms with van der Waals surface area (Å²) in [6.07, 6.45) is 1.57. The zero-order chi connectivity index (χ0) is 36.3. The van der Waals surface area contributed by atoms with Crippen LogP contribution in [-0.2, 0) is 25.7 Å². The van der Waals surface area contributed by atoms with Gasteiger partial charge in [-0.2, -0.15) is 0 Å². The van der Waals surface area contributed by atoms with Crippen LogP contribution in [-0.4, -0.2) is 88.2 Å². The summed E-state index contributed by atoms with van der Waals surface area (Å²) in [7, 11) is 0. The first kappa shape index (κ1) is 38.8. The Morgan fingerprint density at radius 3 is 2.35 bits per heavy atom. The third-order valence-electron chi connectivity index (χ3n) is 7.90. The molecule has 0 saturated carbocycles. The number of carboxylic acid groups (broad SMARTS) is 1. The fraction of sp³-hybridized carbons (Fsp3) is 0.429. The minimum absolute atomic E-state index is 0.0205. The summed E-state index contributed by atoms with van der Waals surface area (Å²) < 4.78 is 31.1. The van der Waals surface area contributed by atoms with E-state index in [0.717, 1.165) is 23.8 Å². The van der Waals surface area contributed by atoms with Gasteiger partial charge in [0.05, 0.1) is 18.6 Å². The number of aliphatic hydroxyl groups is 1. The summed E-state index contributed by atoms with van der Waals surface area (Å²) in [4.78, 5) is 51.5. The number of carbonyl (C=O) groups is 4. The lowest BCUT2D eigenvalue weighted by Crippen LogP contribution is -2.54. The highest BCUT2D eigenvalue weighted by molar-refractivity contribution is 5.87. The smallest absolute Gasteiger partial charge is 0.328 e. The minimum Gasteiger partial charge on any atom is -0.480 e. The van der Waals surface area contributed by atoms with Crippen LogP contribution in [0.1, 0.15) is 51.4 Å². The van der Waals surface area contributed by atoms with E-state index in [2.05, 4.69) is 16.0 Å². The van der Waals surface area contributed by atoms with Gasteiger partial charge in [-0.3, -0.25) is 14.4 Å². The number of hydrogen-bond acceptors (Lipinski definition) is 7. The van der Waals surface area contributed by atoms with E-state index in [-0.39, 0.29) is 31.6 Å². The first-order chi connectivity index (χ1) is 23.2. The van der Waals surface area contributed by atoms with Crippen molar-refractivity contribution in [3.63, 3.8) is 0 Å². The van der Waals surface area contributed by atoms with Gasteiger partial charge >= 0.3 is 5.97 Å². The van der Waals surface area contributed by atoms with Gasteiger partial charge in [-0.05, 0) is 48.2 Å². The fourth-order valence-electron chi connectivity index (χ4n) is 5.51. The van der Waals surface area contributed by atoms with Gasteiger partial charge in [-0.15, -0.1) is 0 Å². The number of amides is 3. The zero-order valence-electron chi connectivity index (χ0n) is 28.2. The monoisotopic (exact) mass is 684 g/mol. The van der Waals surface area contributed by atoms with Crippen LogP contribution < -0.4 is 21.7 Å². The van der Waals surface area contributed by atoms with Crippen molar-refractivity contribution in [1.82, 2.24) is 25.4 Å². The molecule has 3 amide bonds. The highest BCUT2D eigenvalue weighted by Gasteiger charge is 2.37. The van der Waals surface area contributed by atoms with E-state index >= 15 is 0 Å². The molecule has 3 rings (SSSR count). The number of benzene rings is 2. The third kappa shape index (κ3) is 10.9. The van der Waals surface area contributed by atoms with Crippen LogP contribution in [0.2, 0.25) is 0 Å². The Balaban J connectivity index is 1.94. The molecule has 0 aliphatic rings. The fourth-order valence-corrected chi connectivity index (χ4v) is 5.51. The largest absolute Gasteiger partial charge is 0.480 e. The van der Waals surface area contributed by atoms with E-state index in [1.807, 2.05) is 62.6 Å². The van der Waals surface area contributed by atoms with E-state index < -0.39 is 65.5 Å². The summed E-state index contributed by atoms with van der Waals surface area (Å²) in [5.41, 5.74) is 7.37. The number of nitrogens with one attached hydrogen (secondary N) is 3. The zero-order valence-corrected chi connectivity index (χ0v) is 28.2. The number of rotatable bonds is 17. The number of nitrogens with zero attached hydrogens (tertiary/aromatic N) is 2. The van der Waals surface area contributed by atoms with Crippen LogP contribution in [0.5, 0.6) is 0 Å². The predicted molar refractivity (Wildman–Crippen MR) is 180 cm³/mol. The molecule has 0 radical (unpaired) electrons. The number of aliphatic carboxylic acids is 1. The van der Waals surface area contributed by atoms with Gasteiger partial charge in [0.25, 0.3) is 0 Å². The van der Waals surface area contributed by atoms with Gasteiger partial charge < -0.3 is 41.4 Å². The highest BCUT2D eigenvalue weighted by atomic mass is 19.1. The quantitative estimate of drug-likeness (QED) is 0.126. The molecule has 49 heavy (non-hydrogen) atoms. The Kier molecular flexibility index (Phi) is 14.0. The lowest BCUT2D eigenvalue weighted by atomic mass is 9.82. The van der Waals surface area contributed by atoms with E-state index in [0.29, 0.717) is 24.3 Å². The van der Waals surface area contributed by atoms with Gasteiger partial charge in [-0.25, -0.2) is 13.6 Å². The van der Waals surface area contributed by atoms with Crippen LogP contribution in [0.3, 0.4) is 0 Å². The summed E-state index contributed by atoms with van der Waals surface area (Å²) >= 11 is 0. The average Bonchev–Trinajstić information content (AvgIpc) is 3.46. The SMILES string of the molecule is CCNCC(=O)NC[C@@H](NC(=O)[C@@H](N)CCN(C(=O)CO)[C@@H](c1cc(-c2cc(F)ccc2F)cn1Cc1ccccc1)C(C)(C)C)C(=O)O. The maximum absolute atomic E-state index is 15.0. The molecule has 2 aromatic carbocycles. The summed E-state index contributed by atoms with van der Waals surface area (Å²) in [5, 5.41) is 27.2. The molecule has 3 atom stereocenters. The lowest BCUT2D eigenvalue weighted by Gasteiger charge is -2.41. The molecule has 0 fully saturated rings. The first-order valence-corrected chi connectivity index (χ1v) is 16.0. The number of aliphatic hydroxyl groups excluding tert-OH is 1. The third-order valence-corrected chi connectivity index (χ3v) is 7.90. The molecule has 0 spiro atoms. The Labute approximate surface area is 284 Å². The number of halogens is 2. The number of likely N-dealkylation sites (N-methyl/N-ethyl adjacent to an activating group) is 1. The molecule has 0 unspecified atom stereocenters. The lowest BCUT2D eigenvalue weighted by molar-refractivity contribution is -0.142. The van der Waals surface area contributed by atoms with Crippen molar-refractivity contribution >= 4 is 23.7 Å². The molecule has 14 heteroatoms. The van der Waals surface area contributed by atoms with Gasteiger partial charge in [0, 0.05) is 42.7 Å². The van der Waals surface area contributed by atoms with Crippen LogP contribution in [0.25, 0.3) is 11.1 Å². The van der Waals surface area contributed by atoms with Gasteiger partial charge in [-0.1, -0.05) is 58.0 Å². The van der Waals surface area contributed by atoms with Crippen molar-refractivity contribution in [2.45, 2.75) is 58.8 Å². The molecule has 1 heterocycles. The Morgan fingerprint density at radius 1 is 1.04 bits per heavy atom. The first-order valence-electron chi connectivity index (χ1n) is 16.0. The van der Waals surface area contributed by atoms with Crippen molar-refractivity contribution in [3.8, 4) is 11.1 Å². The molecule has 0 saturated heterocycles. The number of carbonyl (C=O) groups excluding carboxylic acids is 3. The number of aromatic nitrogens is 1. The molecular formula is C35H46F2N6O6. The summed E-state index contributed by atoms with van der Waals surface area (Å²) in [6.45, 7) is 6.95.